The van der Waals surface area contributed by atoms with Crippen LogP contribution in [0.1, 0.15) is 27.2 Å². The van der Waals surface area contributed by atoms with Crippen molar-refractivity contribution in [2.24, 2.45) is 5.41 Å². The number of rotatable bonds is 4. The highest BCUT2D eigenvalue weighted by molar-refractivity contribution is 4.68. The van der Waals surface area contributed by atoms with Gasteiger partial charge in [0.25, 0.3) is 0 Å². The first-order valence-electron chi connectivity index (χ1n) is 3.90. The van der Waals surface area contributed by atoms with Crippen molar-refractivity contribution in [1.82, 2.24) is 10.4 Å². The van der Waals surface area contributed by atoms with E-state index in [9.17, 15) is 0 Å². The van der Waals surface area contributed by atoms with E-state index in [0.717, 1.165) is 6.54 Å². The molecule has 0 spiro atoms. The molecule has 0 aliphatic heterocycles. The summed E-state index contributed by atoms with van der Waals surface area (Å²) >= 11 is 0. The van der Waals surface area contributed by atoms with Crippen LogP contribution in [0.15, 0.2) is 0 Å². The Hall–Kier alpha value is -0.0800. The SMILES string of the molecule is CCC(C)(C)CN(C)NC. The Balaban J connectivity index is 3.64. The van der Waals surface area contributed by atoms with Crippen molar-refractivity contribution in [2.45, 2.75) is 27.2 Å². The Labute approximate surface area is 64.6 Å². The molecule has 0 aromatic rings. The van der Waals surface area contributed by atoms with Crippen LogP contribution in [-0.4, -0.2) is 25.6 Å². The van der Waals surface area contributed by atoms with Gasteiger partial charge in [0, 0.05) is 13.6 Å². The van der Waals surface area contributed by atoms with Crippen LogP contribution in [0.3, 0.4) is 0 Å². The Bertz CT molecular complexity index is 89.3. The molecule has 1 N–H and O–H groups in total. The molecule has 0 atom stereocenters. The predicted molar refractivity (Wildman–Crippen MR) is 45.8 cm³/mol. The van der Waals surface area contributed by atoms with Gasteiger partial charge in [-0.25, -0.2) is 5.01 Å². The fourth-order valence-electron chi connectivity index (χ4n) is 0.833. The van der Waals surface area contributed by atoms with E-state index in [1.54, 1.807) is 0 Å². The second-order valence-corrected chi connectivity index (χ2v) is 3.60. The second kappa shape index (κ2) is 3.94. The maximum atomic E-state index is 3.09. The molecule has 0 heterocycles. The molecule has 0 amide bonds. The summed E-state index contributed by atoms with van der Waals surface area (Å²) in [5, 5.41) is 2.11. The zero-order chi connectivity index (χ0) is 8.20. The van der Waals surface area contributed by atoms with Crippen molar-refractivity contribution >= 4 is 0 Å². The molecule has 0 bridgehead atoms. The molecule has 0 aliphatic rings. The molecule has 2 heteroatoms. The van der Waals surface area contributed by atoms with Crippen LogP contribution in [0.5, 0.6) is 0 Å². The summed E-state index contributed by atoms with van der Waals surface area (Å²) in [5.41, 5.74) is 3.52. The summed E-state index contributed by atoms with van der Waals surface area (Å²) < 4.78 is 0. The highest BCUT2D eigenvalue weighted by Crippen LogP contribution is 2.19. The molecule has 0 fully saturated rings. The number of hydrogen-bond donors (Lipinski definition) is 1. The van der Waals surface area contributed by atoms with Crippen LogP contribution >= 0.6 is 0 Å². The third kappa shape index (κ3) is 3.85. The number of nitrogens with one attached hydrogen (secondary N) is 1. The normalized spacial score (nSPS) is 12.6. The molecule has 0 radical (unpaired) electrons. The van der Waals surface area contributed by atoms with E-state index in [-0.39, 0.29) is 0 Å². The van der Waals surface area contributed by atoms with Gasteiger partial charge in [-0.2, -0.15) is 0 Å². The molecule has 2 nitrogen and oxygen atoms in total. The lowest BCUT2D eigenvalue weighted by Gasteiger charge is -2.28. The van der Waals surface area contributed by atoms with Gasteiger partial charge in [-0.3, -0.25) is 5.43 Å². The summed E-state index contributed by atoms with van der Waals surface area (Å²) in [7, 11) is 4.02. The van der Waals surface area contributed by atoms with Crippen LogP contribution in [0.25, 0.3) is 0 Å². The highest BCUT2D eigenvalue weighted by atomic mass is 15.5. The minimum absolute atomic E-state index is 0.428. The Kier molecular flexibility index (Phi) is 3.91. The minimum atomic E-state index is 0.428. The van der Waals surface area contributed by atoms with E-state index in [4.69, 9.17) is 0 Å². The summed E-state index contributed by atoms with van der Waals surface area (Å²) in [6.07, 6.45) is 1.22. The minimum Gasteiger partial charge on any atom is -0.259 e. The molecule has 10 heavy (non-hydrogen) atoms. The van der Waals surface area contributed by atoms with Crippen LogP contribution in [0, 0.1) is 5.41 Å². The first-order valence-corrected chi connectivity index (χ1v) is 3.90. The third-order valence-electron chi connectivity index (χ3n) is 2.00. The van der Waals surface area contributed by atoms with Gasteiger partial charge in [-0.15, -0.1) is 0 Å². The number of nitrogens with zero attached hydrogens (tertiary/aromatic N) is 1. The van der Waals surface area contributed by atoms with Gasteiger partial charge >= 0.3 is 0 Å². The van der Waals surface area contributed by atoms with E-state index < -0.39 is 0 Å². The van der Waals surface area contributed by atoms with Gasteiger partial charge < -0.3 is 0 Å². The Morgan fingerprint density at radius 1 is 1.40 bits per heavy atom. The Morgan fingerprint density at radius 3 is 2.20 bits per heavy atom. The summed E-state index contributed by atoms with van der Waals surface area (Å²) in [5.74, 6) is 0. The molecule has 0 aromatic carbocycles. The van der Waals surface area contributed by atoms with E-state index in [1.807, 2.05) is 7.05 Å². The van der Waals surface area contributed by atoms with E-state index in [2.05, 4.69) is 38.3 Å². The van der Waals surface area contributed by atoms with Gasteiger partial charge in [-0.1, -0.05) is 20.8 Å². The van der Waals surface area contributed by atoms with Crippen molar-refractivity contribution < 1.29 is 0 Å². The average molecular weight is 144 g/mol. The molecular weight excluding hydrogens is 124 g/mol. The largest absolute Gasteiger partial charge is 0.259 e. The van der Waals surface area contributed by atoms with Crippen molar-refractivity contribution in [3.05, 3.63) is 0 Å². The van der Waals surface area contributed by atoms with Crippen molar-refractivity contribution in [1.29, 1.82) is 0 Å². The van der Waals surface area contributed by atoms with Gasteiger partial charge in [0.05, 0.1) is 0 Å². The van der Waals surface area contributed by atoms with Gasteiger partial charge in [0.1, 0.15) is 0 Å². The third-order valence-corrected chi connectivity index (χ3v) is 2.00. The smallest absolute Gasteiger partial charge is 0.0178 e. The first kappa shape index (κ1) is 9.92. The highest BCUT2D eigenvalue weighted by Gasteiger charge is 2.16. The van der Waals surface area contributed by atoms with E-state index in [1.165, 1.54) is 6.42 Å². The predicted octanol–water partition coefficient (Wildman–Crippen LogP) is 1.49. The average Bonchev–Trinajstić information content (AvgIpc) is 1.87. The van der Waals surface area contributed by atoms with Gasteiger partial charge in [-0.05, 0) is 18.9 Å². The van der Waals surface area contributed by atoms with Crippen molar-refractivity contribution in [3.63, 3.8) is 0 Å². The van der Waals surface area contributed by atoms with Crippen molar-refractivity contribution in [2.75, 3.05) is 20.6 Å². The molecule has 0 rings (SSSR count). The van der Waals surface area contributed by atoms with Crippen molar-refractivity contribution in [3.8, 4) is 0 Å². The fraction of sp³-hybridized carbons (Fsp3) is 1.00. The quantitative estimate of drug-likeness (QED) is 0.601. The summed E-state index contributed by atoms with van der Waals surface area (Å²) in [6, 6.07) is 0. The first-order chi connectivity index (χ1) is 4.52. The fourth-order valence-corrected chi connectivity index (χ4v) is 0.833. The lowest BCUT2D eigenvalue weighted by molar-refractivity contribution is 0.162. The second-order valence-electron chi connectivity index (χ2n) is 3.60. The monoisotopic (exact) mass is 144 g/mol. The summed E-state index contributed by atoms with van der Waals surface area (Å²) in [4.78, 5) is 0. The van der Waals surface area contributed by atoms with Gasteiger partial charge in [0.2, 0.25) is 0 Å². The van der Waals surface area contributed by atoms with Crippen LogP contribution in [0.2, 0.25) is 0 Å². The lowest BCUT2D eigenvalue weighted by atomic mass is 9.90. The molecule has 0 saturated carbocycles. The maximum absolute atomic E-state index is 3.09. The number of hydrazine groups is 1. The van der Waals surface area contributed by atoms with Crippen LogP contribution < -0.4 is 5.43 Å². The van der Waals surface area contributed by atoms with E-state index >= 15 is 0 Å². The summed E-state index contributed by atoms with van der Waals surface area (Å²) in [6.45, 7) is 7.88. The van der Waals surface area contributed by atoms with Gasteiger partial charge in [0.15, 0.2) is 0 Å². The zero-order valence-electron chi connectivity index (χ0n) is 7.86. The maximum Gasteiger partial charge on any atom is 0.0178 e. The molecule has 0 aliphatic carbocycles. The lowest BCUT2D eigenvalue weighted by Crippen LogP contribution is -2.38. The number of hydrogen-bond acceptors (Lipinski definition) is 2. The molecule has 0 aromatic heterocycles. The zero-order valence-corrected chi connectivity index (χ0v) is 7.86. The Morgan fingerprint density at radius 2 is 1.90 bits per heavy atom. The van der Waals surface area contributed by atoms with Crippen LogP contribution in [-0.2, 0) is 0 Å². The molecule has 62 valence electrons. The molecular formula is C8H20N2. The molecule has 0 saturated heterocycles. The topological polar surface area (TPSA) is 15.3 Å². The van der Waals surface area contributed by atoms with E-state index in [0.29, 0.717) is 5.41 Å². The van der Waals surface area contributed by atoms with Crippen LogP contribution in [0.4, 0.5) is 0 Å². The standard InChI is InChI=1S/C8H20N2/c1-6-8(2,3)7-10(5)9-4/h9H,6-7H2,1-5H3. The molecule has 0 unspecified atom stereocenters.